The average molecular weight is 323 g/mol. The van der Waals surface area contributed by atoms with Crippen LogP contribution in [0.3, 0.4) is 0 Å². The molecule has 5 heteroatoms. The summed E-state index contributed by atoms with van der Waals surface area (Å²) in [5.74, 6) is 1.41. The standard InChI is InChI=1S/C17H30N4S/c1-4-18-17(19-9-10-21(5-2)16-6-7-16)20-12-14(3)15-8-11-22-13-15/h8,11,13-14,16H,4-7,9-10,12H2,1-3H3,(H2,18,19,20). The van der Waals surface area contributed by atoms with Crippen LogP contribution in [0.15, 0.2) is 21.8 Å². The minimum Gasteiger partial charge on any atom is -0.357 e. The first-order chi connectivity index (χ1) is 10.7. The van der Waals surface area contributed by atoms with Crippen LogP contribution >= 0.6 is 11.3 Å². The van der Waals surface area contributed by atoms with Crippen molar-refractivity contribution in [3.05, 3.63) is 22.4 Å². The zero-order valence-corrected chi connectivity index (χ0v) is 15.0. The second-order valence-corrected chi connectivity index (χ2v) is 6.74. The molecule has 0 amide bonds. The van der Waals surface area contributed by atoms with Crippen molar-refractivity contribution in [2.45, 2.75) is 45.6 Å². The van der Waals surface area contributed by atoms with Crippen LogP contribution < -0.4 is 10.6 Å². The Labute approximate surface area is 139 Å². The Morgan fingerprint density at radius 3 is 2.82 bits per heavy atom. The second-order valence-electron chi connectivity index (χ2n) is 5.96. The fourth-order valence-corrected chi connectivity index (χ4v) is 3.37. The van der Waals surface area contributed by atoms with Gasteiger partial charge in [-0.1, -0.05) is 13.8 Å². The third-order valence-corrected chi connectivity index (χ3v) is 4.84. The van der Waals surface area contributed by atoms with Gasteiger partial charge < -0.3 is 10.6 Å². The monoisotopic (exact) mass is 322 g/mol. The van der Waals surface area contributed by atoms with Gasteiger partial charge in [0.15, 0.2) is 5.96 Å². The molecule has 0 aromatic carbocycles. The Kier molecular flexibility index (Phi) is 7.19. The highest BCUT2D eigenvalue weighted by molar-refractivity contribution is 7.07. The molecule has 1 aromatic rings. The molecule has 22 heavy (non-hydrogen) atoms. The van der Waals surface area contributed by atoms with Crippen molar-refractivity contribution >= 4 is 17.3 Å². The smallest absolute Gasteiger partial charge is 0.191 e. The van der Waals surface area contributed by atoms with Gasteiger partial charge in [0.1, 0.15) is 0 Å². The van der Waals surface area contributed by atoms with Crippen molar-refractivity contribution in [2.75, 3.05) is 32.7 Å². The molecule has 1 saturated carbocycles. The molecule has 124 valence electrons. The number of likely N-dealkylation sites (N-methyl/N-ethyl adjacent to an activating group) is 1. The summed E-state index contributed by atoms with van der Waals surface area (Å²) in [5.41, 5.74) is 1.38. The molecular formula is C17H30N4S. The first kappa shape index (κ1) is 17.3. The molecule has 1 fully saturated rings. The van der Waals surface area contributed by atoms with Crippen LogP contribution in [0.4, 0.5) is 0 Å². The van der Waals surface area contributed by atoms with Gasteiger partial charge in [-0.3, -0.25) is 9.89 Å². The quantitative estimate of drug-likeness (QED) is 0.542. The molecule has 1 heterocycles. The second kappa shape index (κ2) is 9.16. The van der Waals surface area contributed by atoms with Gasteiger partial charge in [0.05, 0.1) is 0 Å². The van der Waals surface area contributed by atoms with E-state index in [1.54, 1.807) is 11.3 Å². The summed E-state index contributed by atoms with van der Waals surface area (Å²) in [6.07, 6.45) is 2.75. The van der Waals surface area contributed by atoms with Crippen LogP contribution in [0.1, 0.15) is 45.1 Å². The Bertz CT molecular complexity index is 440. The maximum atomic E-state index is 4.73. The lowest BCUT2D eigenvalue weighted by atomic mass is 10.1. The van der Waals surface area contributed by atoms with E-state index in [4.69, 9.17) is 4.99 Å². The van der Waals surface area contributed by atoms with Gasteiger partial charge in [-0.05, 0) is 48.7 Å². The van der Waals surface area contributed by atoms with Gasteiger partial charge in [-0.25, -0.2) is 0 Å². The summed E-state index contributed by atoms with van der Waals surface area (Å²) in [4.78, 5) is 7.29. The van der Waals surface area contributed by atoms with Crippen LogP contribution in [0, 0.1) is 0 Å². The van der Waals surface area contributed by atoms with E-state index in [-0.39, 0.29) is 0 Å². The predicted octanol–water partition coefficient (Wildman–Crippen LogP) is 2.89. The van der Waals surface area contributed by atoms with E-state index in [9.17, 15) is 0 Å². The van der Waals surface area contributed by atoms with Crippen LogP contribution in [0.5, 0.6) is 0 Å². The molecule has 2 N–H and O–H groups in total. The number of aliphatic imine (C=N–C) groups is 1. The molecule has 0 radical (unpaired) electrons. The Morgan fingerprint density at radius 2 is 2.23 bits per heavy atom. The fourth-order valence-electron chi connectivity index (χ4n) is 2.59. The minimum atomic E-state index is 0.473. The number of nitrogens with zero attached hydrogens (tertiary/aromatic N) is 2. The molecule has 1 unspecified atom stereocenters. The highest BCUT2D eigenvalue weighted by atomic mass is 32.1. The Hall–Kier alpha value is -1.07. The number of hydrogen-bond donors (Lipinski definition) is 2. The summed E-state index contributed by atoms with van der Waals surface area (Å²) in [6.45, 7) is 11.5. The summed E-state index contributed by atoms with van der Waals surface area (Å²) in [7, 11) is 0. The third kappa shape index (κ3) is 5.61. The SMILES string of the molecule is CCNC(=NCC(C)c1ccsc1)NCCN(CC)C1CC1. The van der Waals surface area contributed by atoms with Crippen molar-refractivity contribution < 1.29 is 0 Å². The van der Waals surface area contributed by atoms with Crippen molar-refractivity contribution in [3.63, 3.8) is 0 Å². The molecule has 1 atom stereocenters. The van der Waals surface area contributed by atoms with Crippen molar-refractivity contribution in [1.29, 1.82) is 0 Å². The fraction of sp³-hybridized carbons (Fsp3) is 0.706. The maximum absolute atomic E-state index is 4.73. The molecule has 1 aromatic heterocycles. The van der Waals surface area contributed by atoms with Crippen LogP contribution in [-0.2, 0) is 0 Å². The van der Waals surface area contributed by atoms with Crippen molar-refractivity contribution in [1.82, 2.24) is 15.5 Å². The Balaban J connectivity index is 1.76. The van der Waals surface area contributed by atoms with E-state index in [0.29, 0.717) is 5.92 Å². The van der Waals surface area contributed by atoms with E-state index in [1.165, 1.54) is 18.4 Å². The van der Waals surface area contributed by atoms with E-state index in [0.717, 1.165) is 44.7 Å². The molecule has 2 rings (SSSR count). The molecule has 0 saturated heterocycles. The third-order valence-electron chi connectivity index (χ3n) is 4.14. The molecule has 1 aliphatic carbocycles. The van der Waals surface area contributed by atoms with Gasteiger partial charge in [-0.15, -0.1) is 0 Å². The van der Waals surface area contributed by atoms with Gasteiger partial charge in [0.2, 0.25) is 0 Å². The van der Waals surface area contributed by atoms with Gasteiger partial charge in [-0.2, -0.15) is 11.3 Å². The molecule has 4 nitrogen and oxygen atoms in total. The van der Waals surface area contributed by atoms with Crippen molar-refractivity contribution in [2.24, 2.45) is 4.99 Å². The van der Waals surface area contributed by atoms with Crippen LogP contribution in [0.25, 0.3) is 0 Å². The minimum absolute atomic E-state index is 0.473. The van der Waals surface area contributed by atoms with Gasteiger partial charge >= 0.3 is 0 Å². The zero-order valence-electron chi connectivity index (χ0n) is 14.1. The first-order valence-corrected chi connectivity index (χ1v) is 9.47. The van der Waals surface area contributed by atoms with E-state index in [1.807, 2.05) is 0 Å². The van der Waals surface area contributed by atoms with Crippen LogP contribution in [-0.4, -0.2) is 49.6 Å². The number of hydrogen-bond acceptors (Lipinski definition) is 3. The summed E-state index contributed by atoms with van der Waals surface area (Å²) >= 11 is 1.76. The lowest BCUT2D eigenvalue weighted by Gasteiger charge is -2.21. The van der Waals surface area contributed by atoms with Crippen LogP contribution in [0.2, 0.25) is 0 Å². The van der Waals surface area contributed by atoms with E-state index < -0.39 is 0 Å². The number of nitrogens with one attached hydrogen (secondary N) is 2. The Morgan fingerprint density at radius 1 is 1.41 bits per heavy atom. The lowest BCUT2D eigenvalue weighted by Crippen LogP contribution is -2.42. The highest BCUT2D eigenvalue weighted by Crippen LogP contribution is 2.25. The molecular weight excluding hydrogens is 292 g/mol. The number of thiophene rings is 1. The van der Waals surface area contributed by atoms with Gasteiger partial charge in [0, 0.05) is 38.1 Å². The topological polar surface area (TPSA) is 39.7 Å². The summed E-state index contributed by atoms with van der Waals surface area (Å²) in [5, 5.41) is 11.2. The average Bonchev–Trinajstić information content (AvgIpc) is 3.21. The van der Waals surface area contributed by atoms with Crippen molar-refractivity contribution in [3.8, 4) is 0 Å². The lowest BCUT2D eigenvalue weighted by molar-refractivity contribution is 0.282. The maximum Gasteiger partial charge on any atom is 0.191 e. The zero-order chi connectivity index (χ0) is 15.8. The largest absolute Gasteiger partial charge is 0.357 e. The van der Waals surface area contributed by atoms with Gasteiger partial charge in [0.25, 0.3) is 0 Å². The normalized spacial score (nSPS) is 16.8. The highest BCUT2D eigenvalue weighted by Gasteiger charge is 2.27. The van der Waals surface area contributed by atoms with E-state index in [2.05, 4.69) is 53.1 Å². The number of rotatable bonds is 9. The molecule has 1 aliphatic rings. The summed E-state index contributed by atoms with van der Waals surface area (Å²) in [6, 6.07) is 3.03. The molecule has 0 aliphatic heterocycles. The van der Waals surface area contributed by atoms with E-state index >= 15 is 0 Å². The first-order valence-electron chi connectivity index (χ1n) is 8.52. The molecule has 0 bridgehead atoms. The summed E-state index contributed by atoms with van der Waals surface area (Å²) < 4.78 is 0. The predicted molar refractivity (Wildman–Crippen MR) is 97.0 cm³/mol. The number of guanidine groups is 1. The molecule has 0 spiro atoms.